The molecule has 3 rings (SSSR count). The molecule has 3 heterocycles. The Kier molecular flexibility index (Phi) is 2.12. The van der Waals surface area contributed by atoms with Crippen LogP contribution in [0.1, 0.15) is 5.69 Å². The van der Waals surface area contributed by atoms with Crippen molar-refractivity contribution in [3.8, 4) is 10.7 Å². The smallest absolute Gasteiger partial charge is 0.181 e. The zero-order valence-electron chi connectivity index (χ0n) is 8.25. The highest BCUT2D eigenvalue weighted by atomic mass is 35.5. The Morgan fingerprint density at radius 3 is 2.94 bits per heavy atom. The van der Waals surface area contributed by atoms with Gasteiger partial charge in [-0.2, -0.15) is 0 Å². The fraction of sp³-hybridized carbons (Fsp3) is 0.111. The Labute approximate surface area is 99.8 Å². The monoisotopic (exact) mass is 251 g/mol. The minimum Gasteiger partial charge on any atom is -0.264 e. The third-order valence-corrected chi connectivity index (χ3v) is 3.35. The first kappa shape index (κ1) is 9.68. The fourth-order valence-corrected chi connectivity index (χ4v) is 2.37. The Morgan fingerprint density at radius 2 is 2.19 bits per heavy atom. The summed E-state index contributed by atoms with van der Waals surface area (Å²) in [5.41, 5.74) is 3.41. The van der Waals surface area contributed by atoms with E-state index in [0.29, 0.717) is 10.8 Å². The molecule has 0 amide bonds. The number of rotatable bonds is 1. The molecule has 0 saturated carbocycles. The lowest BCUT2D eigenvalue weighted by Gasteiger charge is -1.96. The second-order valence-electron chi connectivity index (χ2n) is 3.23. The largest absolute Gasteiger partial charge is 0.264 e. The molecule has 0 aliphatic carbocycles. The van der Waals surface area contributed by atoms with Crippen molar-refractivity contribution in [2.75, 3.05) is 0 Å². The third-order valence-electron chi connectivity index (χ3n) is 2.22. The number of thiazole rings is 1. The summed E-state index contributed by atoms with van der Waals surface area (Å²) in [7, 11) is 0. The number of aromatic nitrogens is 5. The maximum absolute atomic E-state index is 5.78. The van der Waals surface area contributed by atoms with E-state index in [1.807, 2.05) is 6.92 Å². The lowest BCUT2D eigenvalue weighted by Crippen LogP contribution is -1.90. The standard InChI is InChI=1S/C9H6ClN5S/c1-5-8(16-4-12-5)9-14-13-7-2-6(10)11-3-15(7)9/h2-4H,1H3. The fourth-order valence-electron chi connectivity index (χ4n) is 1.44. The van der Waals surface area contributed by atoms with Crippen molar-refractivity contribution in [2.45, 2.75) is 6.92 Å². The molecule has 5 nitrogen and oxygen atoms in total. The predicted molar refractivity (Wildman–Crippen MR) is 61.6 cm³/mol. The van der Waals surface area contributed by atoms with Crippen LogP contribution in [0.2, 0.25) is 5.15 Å². The van der Waals surface area contributed by atoms with Crippen molar-refractivity contribution >= 4 is 28.6 Å². The quantitative estimate of drug-likeness (QED) is 0.622. The first-order chi connectivity index (χ1) is 7.75. The van der Waals surface area contributed by atoms with Crippen LogP contribution >= 0.6 is 22.9 Å². The van der Waals surface area contributed by atoms with E-state index in [-0.39, 0.29) is 0 Å². The van der Waals surface area contributed by atoms with E-state index in [1.165, 1.54) is 11.3 Å². The van der Waals surface area contributed by atoms with E-state index in [0.717, 1.165) is 16.4 Å². The summed E-state index contributed by atoms with van der Waals surface area (Å²) in [5.74, 6) is 0.749. The molecule has 0 spiro atoms. The number of hydrogen-bond donors (Lipinski definition) is 0. The average molecular weight is 252 g/mol. The number of aryl methyl sites for hydroxylation is 1. The van der Waals surface area contributed by atoms with Gasteiger partial charge in [0.2, 0.25) is 0 Å². The van der Waals surface area contributed by atoms with E-state index in [1.54, 1.807) is 22.3 Å². The van der Waals surface area contributed by atoms with E-state index < -0.39 is 0 Å². The van der Waals surface area contributed by atoms with E-state index in [4.69, 9.17) is 11.6 Å². The molecule has 0 aliphatic rings. The number of nitrogens with zero attached hydrogens (tertiary/aromatic N) is 5. The highest BCUT2D eigenvalue weighted by molar-refractivity contribution is 7.13. The summed E-state index contributed by atoms with van der Waals surface area (Å²) < 4.78 is 1.80. The van der Waals surface area contributed by atoms with Crippen LogP contribution in [0.4, 0.5) is 0 Å². The molecule has 80 valence electrons. The molecule has 16 heavy (non-hydrogen) atoms. The van der Waals surface area contributed by atoms with Crippen LogP contribution in [0.15, 0.2) is 17.9 Å². The molecule has 0 aromatic carbocycles. The summed E-state index contributed by atoms with van der Waals surface area (Å²) in [6.45, 7) is 1.94. The summed E-state index contributed by atoms with van der Waals surface area (Å²) in [6.07, 6.45) is 1.62. The van der Waals surface area contributed by atoms with Gasteiger partial charge < -0.3 is 0 Å². The first-order valence-electron chi connectivity index (χ1n) is 4.52. The highest BCUT2D eigenvalue weighted by Crippen LogP contribution is 2.25. The molecule has 0 N–H and O–H groups in total. The van der Waals surface area contributed by atoms with Crippen molar-refractivity contribution in [3.05, 3.63) is 28.8 Å². The molecule has 0 radical (unpaired) electrons. The van der Waals surface area contributed by atoms with Gasteiger partial charge in [0.1, 0.15) is 11.5 Å². The number of halogens is 1. The minimum atomic E-state index is 0.410. The van der Waals surface area contributed by atoms with Crippen molar-refractivity contribution < 1.29 is 0 Å². The van der Waals surface area contributed by atoms with Crippen molar-refractivity contribution in [1.29, 1.82) is 0 Å². The summed E-state index contributed by atoms with van der Waals surface area (Å²) >= 11 is 7.31. The molecule has 3 aromatic rings. The summed E-state index contributed by atoms with van der Waals surface area (Å²) in [6, 6.07) is 1.68. The van der Waals surface area contributed by atoms with E-state index >= 15 is 0 Å². The molecule has 3 aromatic heterocycles. The molecule has 0 atom stereocenters. The topological polar surface area (TPSA) is 56.0 Å². The molecular weight excluding hydrogens is 246 g/mol. The van der Waals surface area contributed by atoms with Gasteiger partial charge in [-0.25, -0.2) is 9.97 Å². The van der Waals surface area contributed by atoms with Crippen molar-refractivity contribution in [2.24, 2.45) is 0 Å². The SMILES string of the molecule is Cc1ncsc1-c1nnc2cc(Cl)ncn12. The lowest BCUT2D eigenvalue weighted by atomic mass is 10.4. The molecule has 0 saturated heterocycles. The summed E-state index contributed by atoms with van der Waals surface area (Å²) in [5, 5.41) is 8.58. The zero-order valence-corrected chi connectivity index (χ0v) is 9.83. The van der Waals surface area contributed by atoms with Gasteiger partial charge in [0.15, 0.2) is 11.5 Å². The maximum Gasteiger partial charge on any atom is 0.181 e. The van der Waals surface area contributed by atoms with Crippen LogP contribution < -0.4 is 0 Å². The predicted octanol–water partition coefficient (Wildman–Crippen LogP) is 2.21. The Bertz CT molecular complexity index is 659. The average Bonchev–Trinajstić information content (AvgIpc) is 2.83. The third kappa shape index (κ3) is 1.38. The molecule has 0 bridgehead atoms. The Hall–Kier alpha value is -1.53. The Morgan fingerprint density at radius 1 is 1.31 bits per heavy atom. The van der Waals surface area contributed by atoms with Gasteiger partial charge >= 0.3 is 0 Å². The zero-order chi connectivity index (χ0) is 11.1. The van der Waals surface area contributed by atoms with Gasteiger partial charge in [-0.05, 0) is 6.92 Å². The van der Waals surface area contributed by atoms with Gasteiger partial charge in [-0.15, -0.1) is 21.5 Å². The molecular formula is C9H6ClN5S. The van der Waals surface area contributed by atoms with Gasteiger partial charge in [-0.3, -0.25) is 4.40 Å². The second-order valence-corrected chi connectivity index (χ2v) is 4.47. The van der Waals surface area contributed by atoms with Gasteiger partial charge in [0.05, 0.1) is 16.1 Å². The van der Waals surface area contributed by atoms with Crippen molar-refractivity contribution in [3.63, 3.8) is 0 Å². The second kappa shape index (κ2) is 3.50. The van der Waals surface area contributed by atoms with E-state index in [2.05, 4.69) is 20.2 Å². The maximum atomic E-state index is 5.78. The lowest BCUT2D eigenvalue weighted by molar-refractivity contribution is 1.08. The van der Waals surface area contributed by atoms with Crippen LogP contribution in [0.3, 0.4) is 0 Å². The molecule has 0 aliphatic heterocycles. The highest BCUT2D eigenvalue weighted by Gasteiger charge is 2.12. The van der Waals surface area contributed by atoms with Crippen LogP contribution in [-0.4, -0.2) is 24.6 Å². The first-order valence-corrected chi connectivity index (χ1v) is 5.78. The summed E-state index contributed by atoms with van der Waals surface area (Å²) in [4.78, 5) is 9.20. The van der Waals surface area contributed by atoms with Gasteiger partial charge in [0.25, 0.3) is 0 Å². The molecule has 0 unspecified atom stereocenters. The number of fused-ring (bicyclic) bond motifs is 1. The minimum absolute atomic E-state index is 0.410. The van der Waals surface area contributed by atoms with Crippen molar-refractivity contribution in [1.82, 2.24) is 24.6 Å². The van der Waals surface area contributed by atoms with Crippen LogP contribution in [0, 0.1) is 6.92 Å². The number of hydrogen-bond acceptors (Lipinski definition) is 5. The van der Waals surface area contributed by atoms with Crippen LogP contribution in [0.5, 0.6) is 0 Å². The van der Waals surface area contributed by atoms with Gasteiger partial charge in [-0.1, -0.05) is 11.6 Å². The molecule has 0 fully saturated rings. The van der Waals surface area contributed by atoms with Gasteiger partial charge in [0, 0.05) is 6.07 Å². The normalized spacial score (nSPS) is 11.1. The van der Waals surface area contributed by atoms with Crippen LogP contribution in [-0.2, 0) is 0 Å². The molecule has 7 heteroatoms. The Balaban J connectivity index is 2.30. The van der Waals surface area contributed by atoms with Crippen LogP contribution in [0.25, 0.3) is 16.3 Å². The van der Waals surface area contributed by atoms with E-state index in [9.17, 15) is 0 Å².